The molecule has 1 aromatic heterocycles. The van der Waals surface area contributed by atoms with Crippen molar-refractivity contribution < 1.29 is 9.90 Å². The van der Waals surface area contributed by atoms with Gasteiger partial charge in [-0.15, -0.1) is 11.3 Å². The minimum absolute atomic E-state index is 0.0261. The SMILES string of the molecule is Cc1ccsc1C(=O)Nc1cccc(CO)c1. The number of aliphatic hydroxyl groups is 1. The number of aliphatic hydroxyl groups excluding tert-OH is 1. The lowest BCUT2D eigenvalue weighted by Crippen LogP contribution is -2.11. The van der Waals surface area contributed by atoms with Crippen LogP contribution in [0.3, 0.4) is 0 Å². The van der Waals surface area contributed by atoms with Crippen LogP contribution in [-0.2, 0) is 6.61 Å². The zero-order valence-electron chi connectivity index (χ0n) is 9.43. The summed E-state index contributed by atoms with van der Waals surface area (Å²) in [6, 6.07) is 9.11. The lowest BCUT2D eigenvalue weighted by molar-refractivity contribution is 0.103. The normalized spacial score (nSPS) is 10.2. The Morgan fingerprint density at radius 1 is 1.41 bits per heavy atom. The second kappa shape index (κ2) is 5.12. The number of benzene rings is 1. The minimum Gasteiger partial charge on any atom is -0.392 e. The van der Waals surface area contributed by atoms with Crippen LogP contribution in [0.25, 0.3) is 0 Å². The van der Waals surface area contributed by atoms with E-state index in [0.29, 0.717) is 5.69 Å². The van der Waals surface area contributed by atoms with Gasteiger partial charge in [-0.2, -0.15) is 0 Å². The Morgan fingerprint density at radius 3 is 2.88 bits per heavy atom. The van der Waals surface area contributed by atoms with Gasteiger partial charge < -0.3 is 10.4 Å². The van der Waals surface area contributed by atoms with E-state index >= 15 is 0 Å². The van der Waals surface area contributed by atoms with Gasteiger partial charge in [-0.1, -0.05) is 12.1 Å². The Hall–Kier alpha value is -1.65. The van der Waals surface area contributed by atoms with Crippen LogP contribution in [0.5, 0.6) is 0 Å². The van der Waals surface area contributed by atoms with Crippen molar-refractivity contribution in [3.63, 3.8) is 0 Å². The van der Waals surface area contributed by atoms with E-state index < -0.39 is 0 Å². The van der Waals surface area contributed by atoms with E-state index in [4.69, 9.17) is 5.11 Å². The van der Waals surface area contributed by atoms with Gasteiger partial charge in [0.2, 0.25) is 0 Å². The Kier molecular flexibility index (Phi) is 3.56. The van der Waals surface area contributed by atoms with Crippen molar-refractivity contribution in [2.75, 3.05) is 5.32 Å². The van der Waals surface area contributed by atoms with Crippen LogP contribution in [0.1, 0.15) is 20.8 Å². The fourth-order valence-electron chi connectivity index (χ4n) is 1.54. The van der Waals surface area contributed by atoms with Crippen molar-refractivity contribution in [3.8, 4) is 0 Å². The molecule has 0 saturated heterocycles. The smallest absolute Gasteiger partial charge is 0.265 e. The van der Waals surface area contributed by atoms with Gasteiger partial charge >= 0.3 is 0 Å². The third-order valence-corrected chi connectivity index (χ3v) is 3.45. The molecule has 1 amide bonds. The molecule has 88 valence electrons. The summed E-state index contributed by atoms with van der Waals surface area (Å²) in [5, 5.41) is 13.7. The Balaban J connectivity index is 2.16. The van der Waals surface area contributed by atoms with E-state index in [1.165, 1.54) is 11.3 Å². The Labute approximate surface area is 104 Å². The number of carbonyl (C=O) groups is 1. The minimum atomic E-state index is -0.104. The summed E-state index contributed by atoms with van der Waals surface area (Å²) in [5.74, 6) is -0.104. The van der Waals surface area contributed by atoms with Gasteiger partial charge in [0.15, 0.2) is 0 Å². The molecule has 1 heterocycles. The van der Waals surface area contributed by atoms with Crippen molar-refractivity contribution in [3.05, 3.63) is 51.7 Å². The fraction of sp³-hybridized carbons (Fsp3) is 0.154. The lowest BCUT2D eigenvalue weighted by Gasteiger charge is -2.05. The first kappa shape index (κ1) is 11.8. The largest absolute Gasteiger partial charge is 0.392 e. The highest BCUT2D eigenvalue weighted by Gasteiger charge is 2.10. The molecule has 0 aliphatic heterocycles. The van der Waals surface area contributed by atoms with Gasteiger partial charge in [-0.3, -0.25) is 4.79 Å². The molecular weight excluding hydrogens is 234 g/mol. The quantitative estimate of drug-likeness (QED) is 0.876. The molecule has 0 bridgehead atoms. The predicted octanol–water partition coefficient (Wildman–Crippen LogP) is 2.80. The number of aryl methyl sites for hydroxylation is 1. The maximum atomic E-state index is 11.9. The molecule has 0 aliphatic rings. The van der Waals surface area contributed by atoms with Gasteiger partial charge in [-0.25, -0.2) is 0 Å². The van der Waals surface area contributed by atoms with Gasteiger partial charge in [0, 0.05) is 5.69 Å². The van der Waals surface area contributed by atoms with Crippen molar-refractivity contribution in [1.82, 2.24) is 0 Å². The van der Waals surface area contributed by atoms with E-state index in [1.807, 2.05) is 30.5 Å². The second-order valence-corrected chi connectivity index (χ2v) is 4.66. The van der Waals surface area contributed by atoms with Gasteiger partial charge in [0.05, 0.1) is 11.5 Å². The molecule has 0 spiro atoms. The summed E-state index contributed by atoms with van der Waals surface area (Å²) in [6.07, 6.45) is 0. The van der Waals surface area contributed by atoms with E-state index in [2.05, 4.69) is 5.32 Å². The molecule has 2 aromatic rings. The number of nitrogens with one attached hydrogen (secondary N) is 1. The van der Waals surface area contributed by atoms with Crippen LogP contribution in [0, 0.1) is 6.92 Å². The maximum absolute atomic E-state index is 11.9. The fourth-order valence-corrected chi connectivity index (χ4v) is 2.36. The first-order chi connectivity index (χ1) is 8.20. The van der Waals surface area contributed by atoms with Crippen LogP contribution in [0.15, 0.2) is 35.7 Å². The molecule has 2 N–H and O–H groups in total. The molecule has 3 nitrogen and oxygen atoms in total. The molecule has 4 heteroatoms. The van der Waals surface area contributed by atoms with Crippen molar-refractivity contribution in [2.24, 2.45) is 0 Å². The first-order valence-electron chi connectivity index (χ1n) is 5.26. The molecule has 17 heavy (non-hydrogen) atoms. The molecule has 1 aromatic carbocycles. The standard InChI is InChI=1S/C13H13NO2S/c1-9-5-6-17-12(9)13(16)14-11-4-2-3-10(7-11)8-15/h2-7,15H,8H2,1H3,(H,14,16). The molecular formula is C13H13NO2S. The van der Waals surface area contributed by atoms with Gasteiger partial charge in [0.25, 0.3) is 5.91 Å². The zero-order chi connectivity index (χ0) is 12.3. The molecule has 0 aliphatic carbocycles. The highest BCUT2D eigenvalue weighted by atomic mass is 32.1. The van der Waals surface area contributed by atoms with E-state index in [0.717, 1.165) is 16.0 Å². The number of thiophene rings is 1. The van der Waals surface area contributed by atoms with Crippen molar-refractivity contribution in [1.29, 1.82) is 0 Å². The Bertz CT molecular complexity index is 534. The number of hydrogen-bond acceptors (Lipinski definition) is 3. The summed E-state index contributed by atoms with van der Waals surface area (Å²) in [6.45, 7) is 1.89. The third kappa shape index (κ3) is 2.72. The summed E-state index contributed by atoms with van der Waals surface area (Å²) in [4.78, 5) is 12.7. The van der Waals surface area contributed by atoms with Crippen LogP contribution >= 0.6 is 11.3 Å². The monoisotopic (exact) mass is 247 g/mol. The van der Waals surface area contributed by atoms with Crippen LogP contribution < -0.4 is 5.32 Å². The van der Waals surface area contributed by atoms with E-state index in [9.17, 15) is 4.79 Å². The first-order valence-corrected chi connectivity index (χ1v) is 6.14. The number of amides is 1. The number of rotatable bonds is 3. The zero-order valence-corrected chi connectivity index (χ0v) is 10.3. The highest BCUT2D eigenvalue weighted by Crippen LogP contribution is 2.18. The lowest BCUT2D eigenvalue weighted by atomic mass is 10.2. The van der Waals surface area contributed by atoms with Crippen molar-refractivity contribution in [2.45, 2.75) is 13.5 Å². The van der Waals surface area contributed by atoms with Gasteiger partial charge in [-0.05, 0) is 41.6 Å². The van der Waals surface area contributed by atoms with E-state index in [-0.39, 0.29) is 12.5 Å². The molecule has 0 saturated carbocycles. The molecule has 0 unspecified atom stereocenters. The van der Waals surface area contributed by atoms with Crippen LogP contribution in [0.2, 0.25) is 0 Å². The predicted molar refractivity (Wildman–Crippen MR) is 69.4 cm³/mol. The maximum Gasteiger partial charge on any atom is 0.265 e. The average molecular weight is 247 g/mol. The number of hydrogen-bond donors (Lipinski definition) is 2. The summed E-state index contributed by atoms with van der Waals surface area (Å²) in [7, 11) is 0. The molecule has 0 atom stereocenters. The topological polar surface area (TPSA) is 49.3 Å². The molecule has 0 fully saturated rings. The summed E-state index contributed by atoms with van der Waals surface area (Å²) >= 11 is 1.43. The van der Waals surface area contributed by atoms with E-state index in [1.54, 1.807) is 12.1 Å². The van der Waals surface area contributed by atoms with Crippen molar-refractivity contribution >= 4 is 22.9 Å². The number of anilines is 1. The summed E-state index contributed by atoms with van der Waals surface area (Å²) < 4.78 is 0. The number of carbonyl (C=O) groups excluding carboxylic acids is 1. The molecule has 2 rings (SSSR count). The summed E-state index contributed by atoms with van der Waals surface area (Å²) in [5.41, 5.74) is 2.46. The van der Waals surface area contributed by atoms with Crippen LogP contribution in [-0.4, -0.2) is 11.0 Å². The average Bonchev–Trinajstić information content (AvgIpc) is 2.76. The Morgan fingerprint density at radius 2 is 2.24 bits per heavy atom. The highest BCUT2D eigenvalue weighted by molar-refractivity contribution is 7.12. The molecule has 0 radical (unpaired) electrons. The van der Waals surface area contributed by atoms with Crippen LogP contribution in [0.4, 0.5) is 5.69 Å². The second-order valence-electron chi connectivity index (χ2n) is 3.75. The van der Waals surface area contributed by atoms with Gasteiger partial charge in [0.1, 0.15) is 0 Å². The third-order valence-electron chi connectivity index (χ3n) is 2.44.